The van der Waals surface area contributed by atoms with Crippen LogP contribution in [0.15, 0.2) is 0 Å². The molecule has 0 spiro atoms. The molecule has 1 nitrogen and oxygen atoms in total. The highest BCUT2D eigenvalue weighted by molar-refractivity contribution is 5.96. The Morgan fingerprint density at radius 3 is 1.90 bits per heavy atom. The van der Waals surface area contributed by atoms with E-state index >= 15 is 0 Å². The first-order valence-corrected chi connectivity index (χ1v) is 6.94. The van der Waals surface area contributed by atoms with Gasteiger partial charge in [-0.15, -0.1) is 0 Å². The average Bonchev–Trinajstić information content (AvgIpc) is 3.05. The van der Waals surface area contributed by atoms with Crippen LogP contribution in [-0.4, -0.2) is 5.78 Å². The summed E-state index contributed by atoms with van der Waals surface area (Å²) in [4.78, 5) is 12.0. The Kier molecular flexibility index (Phi) is 3.50. The molecule has 1 aromatic carbocycles. The van der Waals surface area contributed by atoms with E-state index in [4.69, 9.17) is 0 Å². The largest absolute Gasteiger partial charge is 0.294 e. The molecule has 0 heterocycles. The molecule has 0 radical (unpaired) electrons. The van der Waals surface area contributed by atoms with Crippen molar-refractivity contribution < 1.29 is 26.7 Å². The topological polar surface area (TPSA) is 17.1 Å². The van der Waals surface area contributed by atoms with Gasteiger partial charge in [-0.3, -0.25) is 4.79 Å². The molecule has 0 saturated heterocycles. The fourth-order valence-corrected chi connectivity index (χ4v) is 3.82. The van der Waals surface area contributed by atoms with Crippen molar-refractivity contribution in [2.75, 3.05) is 0 Å². The van der Waals surface area contributed by atoms with Gasteiger partial charge in [-0.25, -0.2) is 22.0 Å². The third-order valence-electron chi connectivity index (χ3n) is 4.82. The molecule has 21 heavy (non-hydrogen) atoms. The van der Waals surface area contributed by atoms with Gasteiger partial charge in [0, 0.05) is 6.42 Å². The number of fused-ring (bicyclic) bond motifs is 2. The lowest BCUT2D eigenvalue weighted by molar-refractivity contribution is 0.0932. The minimum absolute atomic E-state index is 0.00812. The van der Waals surface area contributed by atoms with Crippen LogP contribution >= 0.6 is 0 Å². The van der Waals surface area contributed by atoms with Crippen LogP contribution in [0.3, 0.4) is 0 Å². The van der Waals surface area contributed by atoms with E-state index < -0.39 is 40.4 Å². The molecule has 114 valence electrons. The lowest BCUT2D eigenvalue weighted by Gasteiger charge is -2.21. The first-order chi connectivity index (χ1) is 9.90. The first-order valence-electron chi connectivity index (χ1n) is 6.94. The van der Waals surface area contributed by atoms with Crippen molar-refractivity contribution in [3.63, 3.8) is 0 Å². The predicted octanol–water partition coefficient (Wildman–Crippen LogP) is 4.39. The molecule has 3 atom stereocenters. The first kappa shape index (κ1) is 14.5. The number of carbonyl (C=O) groups is 1. The van der Waals surface area contributed by atoms with Gasteiger partial charge >= 0.3 is 0 Å². The van der Waals surface area contributed by atoms with Crippen LogP contribution < -0.4 is 0 Å². The van der Waals surface area contributed by atoms with Crippen molar-refractivity contribution in [1.82, 2.24) is 0 Å². The van der Waals surface area contributed by atoms with E-state index in [0.717, 1.165) is 25.7 Å². The fourth-order valence-electron chi connectivity index (χ4n) is 3.82. The van der Waals surface area contributed by atoms with E-state index in [1.165, 1.54) is 0 Å². The smallest absolute Gasteiger partial charge is 0.200 e. The van der Waals surface area contributed by atoms with Gasteiger partial charge in [0.2, 0.25) is 5.82 Å². The molecular weight excluding hydrogens is 291 g/mol. The van der Waals surface area contributed by atoms with Gasteiger partial charge in [-0.2, -0.15) is 0 Å². The van der Waals surface area contributed by atoms with Crippen molar-refractivity contribution in [3.05, 3.63) is 34.6 Å². The van der Waals surface area contributed by atoms with Gasteiger partial charge < -0.3 is 0 Å². The Morgan fingerprint density at radius 1 is 0.857 bits per heavy atom. The Hall–Kier alpha value is -1.46. The fraction of sp³-hybridized carbons (Fsp3) is 0.533. The summed E-state index contributed by atoms with van der Waals surface area (Å²) < 4.78 is 66.3. The summed E-state index contributed by atoms with van der Waals surface area (Å²) in [6.45, 7) is 0. The van der Waals surface area contributed by atoms with E-state index in [9.17, 15) is 26.7 Å². The molecule has 0 N–H and O–H groups in total. The molecule has 0 amide bonds. The second-order valence-electron chi connectivity index (χ2n) is 6.01. The zero-order valence-corrected chi connectivity index (χ0v) is 11.1. The maximum atomic E-state index is 13.6. The number of hydrogen-bond donors (Lipinski definition) is 0. The van der Waals surface area contributed by atoms with Crippen molar-refractivity contribution >= 4 is 5.78 Å². The Labute approximate surface area is 118 Å². The van der Waals surface area contributed by atoms with E-state index in [-0.39, 0.29) is 12.3 Å². The summed E-state index contributed by atoms with van der Waals surface area (Å²) in [6.07, 6.45) is 3.71. The van der Waals surface area contributed by atoms with Crippen molar-refractivity contribution in [2.45, 2.75) is 32.1 Å². The molecule has 0 aromatic heterocycles. The highest BCUT2D eigenvalue weighted by atomic mass is 19.2. The number of Topliss-reactive ketones (excluding diaryl/α,β-unsaturated/α-hetero) is 1. The van der Waals surface area contributed by atoms with Crippen molar-refractivity contribution in [3.8, 4) is 0 Å². The number of benzene rings is 1. The molecule has 0 aliphatic heterocycles. The van der Waals surface area contributed by atoms with Crippen LogP contribution in [-0.2, 0) is 0 Å². The van der Waals surface area contributed by atoms with Gasteiger partial charge in [0.25, 0.3) is 0 Å². The SMILES string of the molecule is O=C(CC1CC2CCC1C2)c1c(F)c(F)c(F)c(F)c1F. The van der Waals surface area contributed by atoms with Crippen LogP contribution in [0.4, 0.5) is 22.0 Å². The van der Waals surface area contributed by atoms with Gasteiger partial charge in [0.1, 0.15) is 0 Å². The Balaban J connectivity index is 1.88. The van der Waals surface area contributed by atoms with E-state index in [1.807, 2.05) is 0 Å². The van der Waals surface area contributed by atoms with Crippen LogP contribution in [0.25, 0.3) is 0 Å². The maximum absolute atomic E-state index is 13.6. The molecule has 3 rings (SSSR count). The van der Waals surface area contributed by atoms with Gasteiger partial charge in [-0.05, 0) is 37.0 Å². The van der Waals surface area contributed by atoms with Crippen LogP contribution in [0.5, 0.6) is 0 Å². The monoisotopic (exact) mass is 304 g/mol. The Bertz CT molecular complexity index is 584. The third-order valence-corrected chi connectivity index (χ3v) is 4.82. The summed E-state index contributed by atoms with van der Waals surface area (Å²) in [5.41, 5.74) is -1.30. The summed E-state index contributed by atoms with van der Waals surface area (Å²) >= 11 is 0. The standard InChI is InChI=1S/C15H13F5O/c16-11-10(12(17)14(19)15(20)13(11)18)9(21)5-8-4-6-1-2-7(8)3-6/h6-8H,1-5H2. The molecule has 6 heteroatoms. The summed E-state index contributed by atoms with van der Waals surface area (Å²) in [5, 5.41) is 0. The number of ketones is 1. The van der Waals surface area contributed by atoms with Crippen molar-refractivity contribution in [1.29, 1.82) is 0 Å². The van der Waals surface area contributed by atoms with Crippen LogP contribution in [0.2, 0.25) is 0 Å². The zero-order valence-electron chi connectivity index (χ0n) is 11.1. The predicted molar refractivity (Wildman–Crippen MR) is 64.1 cm³/mol. The van der Waals surface area contributed by atoms with E-state index in [0.29, 0.717) is 11.8 Å². The minimum Gasteiger partial charge on any atom is -0.294 e. The minimum atomic E-state index is -2.23. The molecule has 2 bridgehead atoms. The van der Waals surface area contributed by atoms with E-state index in [2.05, 4.69) is 0 Å². The van der Waals surface area contributed by atoms with Crippen LogP contribution in [0, 0.1) is 46.8 Å². The quantitative estimate of drug-likeness (QED) is 0.350. The number of halogens is 5. The lowest BCUT2D eigenvalue weighted by atomic mass is 9.84. The Morgan fingerprint density at radius 2 is 1.43 bits per heavy atom. The number of hydrogen-bond acceptors (Lipinski definition) is 1. The third kappa shape index (κ3) is 2.24. The van der Waals surface area contributed by atoms with Gasteiger partial charge in [0.15, 0.2) is 29.1 Å². The number of carbonyl (C=O) groups excluding carboxylic acids is 1. The normalized spacial score (nSPS) is 27.4. The zero-order chi connectivity index (χ0) is 15.3. The maximum Gasteiger partial charge on any atom is 0.200 e. The molecule has 2 aliphatic rings. The van der Waals surface area contributed by atoms with Crippen LogP contribution in [0.1, 0.15) is 42.5 Å². The summed E-state index contributed by atoms with van der Waals surface area (Å²) in [7, 11) is 0. The second-order valence-corrected chi connectivity index (χ2v) is 6.01. The molecule has 2 fully saturated rings. The van der Waals surface area contributed by atoms with Gasteiger partial charge in [-0.1, -0.05) is 6.42 Å². The van der Waals surface area contributed by atoms with Gasteiger partial charge in [0.05, 0.1) is 5.56 Å². The highest BCUT2D eigenvalue weighted by Crippen LogP contribution is 2.49. The average molecular weight is 304 g/mol. The highest BCUT2D eigenvalue weighted by Gasteiger charge is 2.41. The summed E-state index contributed by atoms with van der Waals surface area (Å²) in [5.74, 6) is -10.6. The molecule has 1 aromatic rings. The molecule has 2 saturated carbocycles. The van der Waals surface area contributed by atoms with Crippen molar-refractivity contribution in [2.24, 2.45) is 17.8 Å². The number of rotatable bonds is 3. The second kappa shape index (κ2) is 5.07. The lowest BCUT2D eigenvalue weighted by Crippen LogP contribution is -2.19. The molecule has 3 unspecified atom stereocenters. The molecule has 2 aliphatic carbocycles. The van der Waals surface area contributed by atoms with E-state index in [1.54, 1.807) is 0 Å². The summed E-state index contributed by atoms with van der Waals surface area (Å²) in [6, 6.07) is 0. The molecular formula is C15H13F5O.